The van der Waals surface area contributed by atoms with Crippen LogP contribution in [0.2, 0.25) is 0 Å². The summed E-state index contributed by atoms with van der Waals surface area (Å²) in [5.74, 6) is 0.291. The molecular formula is C22H28N4O2S. The molecule has 0 unspecified atom stereocenters. The van der Waals surface area contributed by atoms with Crippen molar-refractivity contribution in [3.8, 4) is 0 Å². The number of fused-ring (bicyclic) bond motifs is 2. The number of hydrogen-bond acceptors (Lipinski definition) is 5. The van der Waals surface area contributed by atoms with Crippen molar-refractivity contribution in [3.05, 3.63) is 29.8 Å². The first-order valence-corrected chi connectivity index (χ1v) is 11.1. The van der Waals surface area contributed by atoms with Crippen molar-refractivity contribution in [2.75, 3.05) is 5.32 Å². The first-order chi connectivity index (χ1) is 13.7. The normalized spacial score (nSPS) is 32.8. The summed E-state index contributed by atoms with van der Waals surface area (Å²) in [4.78, 5) is 24.6. The Hall–Kier alpha value is -2.15. The van der Waals surface area contributed by atoms with Crippen molar-refractivity contribution in [1.29, 1.82) is 0 Å². The maximum Gasteiger partial charge on any atom is 0.240 e. The molecule has 0 spiro atoms. The number of thioether (sulfide) groups is 1. The van der Waals surface area contributed by atoms with Gasteiger partial charge in [-0.3, -0.25) is 9.59 Å². The van der Waals surface area contributed by atoms with E-state index in [1.54, 1.807) is 0 Å². The van der Waals surface area contributed by atoms with Crippen LogP contribution in [-0.4, -0.2) is 27.9 Å². The van der Waals surface area contributed by atoms with Gasteiger partial charge in [-0.15, -0.1) is 5.10 Å². The summed E-state index contributed by atoms with van der Waals surface area (Å²) in [5.41, 5.74) is 3.33. The number of carbonyl (C=O) groups excluding carboxylic acids is 2. The minimum atomic E-state index is -0.480. The Morgan fingerprint density at radius 3 is 2.59 bits per heavy atom. The molecular weight excluding hydrogens is 384 g/mol. The third-order valence-electron chi connectivity index (χ3n) is 7.26. The molecule has 2 aliphatic carbocycles. The van der Waals surface area contributed by atoms with Gasteiger partial charge in [0.05, 0.1) is 0 Å². The van der Waals surface area contributed by atoms with Crippen molar-refractivity contribution >= 4 is 40.1 Å². The molecule has 1 aromatic carbocycles. The van der Waals surface area contributed by atoms with Crippen LogP contribution in [0.15, 0.2) is 34.5 Å². The van der Waals surface area contributed by atoms with Crippen LogP contribution in [0.25, 0.3) is 0 Å². The van der Waals surface area contributed by atoms with E-state index in [1.165, 1.54) is 18.2 Å². The summed E-state index contributed by atoms with van der Waals surface area (Å²) in [6.45, 7) is 8.94. The van der Waals surface area contributed by atoms with Gasteiger partial charge in [-0.2, -0.15) is 5.10 Å². The molecule has 2 amide bonds. The van der Waals surface area contributed by atoms with Crippen LogP contribution < -0.4 is 10.6 Å². The van der Waals surface area contributed by atoms with E-state index in [-0.39, 0.29) is 29.1 Å². The third-order valence-corrected chi connectivity index (χ3v) is 8.33. The summed E-state index contributed by atoms with van der Waals surface area (Å²) >= 11 is 1.28. The number of aryl methyl sites for hydroxylation is 1. The van der Waals surface area contributed by atoms with E-state index >= 15 is 0 Å². The fourth-order valence-corrected chi connectivity index (χ4v) is 5.71. The molecule has 1 aromatic rings. The molecule has 29 heavy (non-hydrogen) atoms. The molecule has 1 aliphatic heterocycles. The molecule has 2 N–H and O–H groups in total. The molecule has 3 fully saturated rings. The molecule has 6 nitrogen and oxygen atoms in total. The number of carbonyl (C=O) groups is 2. The van der Waals surface area contributed by atoms with Gasteiger partial charge < -0.3 is 10.6 Å². The zero-order valence-corrected chi connectivity index (χ0v) is 18.2. The average Bonchev–Trinajstić information content (AvgIpc) is 3.18. The number of hydrogen-bond donors (Lipinski definition) is 2. The predicted octanol–water partition coefficient (Wildman–Crippen LogP) is 4.11. The number of amidine groups is 1. The minimum absolute atomic E-state index is 0.0856. The van der Waals surface area contributed by atoms with Gasteiger partial charge in [0.25, 0.3) is 0 Å². The zero-order valence-electron chi connectivity index (χ0n) is 17.4. The highest BCUT2D eigenvalue weighted by Gasteiger charge is 2.60. The van der Waals surface area contributed by atoms with Crippen molar-refractivity contribution in [2.45, 2.75) is 58.6 Å². The Kier molecular flexibility index (Phi) is 5.05. The van der Waals surface area contributed by atoms with E-state index < -0.39 is 5.25 Å². The average molecular weight is 413 g/mol. The van der Waals surface area contributed by atoms with Gasteiger partial charge in [0.2, 0.25) is 11.8 Å². The number of amides is 2. The highest BCUT2D eigenvalue weighted by Crippen LogP contribution is 2.64. The molecule has 1 saturated heterocycles. The van der Waals surface area contributed by atoms with Gasteiger partial charge in [-0.25, -0.2) is 0 Å². The Bertz CT molecular complexity index is 906. The van der Waals surface area contributed by atoms with E-state index in [2.05, 4.69) is 41.6 Å². The fourth-order valence-electron chi connectivity index (χ4n) is 4.79. The van der Waals surface area contributed by atoms with Crippen molar-refractivity contribution < 1.29 is 9.59 Å². The number of nitrogens with one attached hydrogen (secondary N) is 2. The number of rotatable bonds is 4. The Labute approximate surface area is 176 Å². The lowest BCUT2D eigenvalue weighted by atomic mass is 9.70. The lowest BCUT2D eigenvalue weighted by Gasteiger charge is -2.34. The molecule has 3 aliphatic rings. The van der Waals surface area contributed by atoms with Crippen molar-refractivity contribution in [1.82, 2.24) is 5.32 Å². The van der Waals surface area contributed by atoms with Gasteiger partial charge in [0, 0.05) is 23.2 Å². The minimum Gasteiger partial charge on any atom is -0.326 e. The lowest BCUT2D eigenvalue weighted by Crippen LogP contribution is -2.32. The lowest BCUT2D eigenvalue weighted by molar-refractivity contribution is -0.122. The maximum absolute atomic E-state index is 12.3. The van der Waals surface area contributed by atoms with Crippen LogP contribution in [0.4, 0.5) is 5.69 Å². The van der Waals surface area contributed by atoms with E-state index in [0.29, 0.717) is 11.1 Å². The van der Waals surface area contributed by atoms with E-state index in [1.807, 2.05) is 31.2 Å². The van der Waals surface area contributed by atoms with Crippen LogP contribution in [-0.2, 0) is 9.59 Å². The molecule has 1 heterocycles. The standard InChI is InChI=1S/C22H28N4O2S/c1-13-5-7-15(8-6-13)23-18(27)12-16-19(28)24-20(29-16)26-25-17-11-14-9-10-22(17,4)21(14,2)3/h5-8,14,16H,9-12H2,1-4H3,(H,23,27)(H,24,26,28)/b25-17-/t14-,16+,22+/m1/s1. The summed E-state index contributed by atoms with van der Waals surface area (Å²) in [6.07, 6.45) is 3.49. The summed E-state index contributed by atoms with van der Waals surface area (Å²) in [6, 6.07) is 7.59. The first kappa shape index (κ1) is 20.1. The Morgan fingerprint density at radius 2 is 1.97 bits per heavy atom. The second-order valence-electron chi connectivity index (χ2n) is 9.16. The Balaban J connectivity index is 1.38. The van der Waals surface area contributed by atoms with Gasteiger partial charge in [0.1, 0.15) is 5.25 Å². The predicted molar refractivity (Wildman–Crippen MR) is 118 cm³/mol. The van der Waals surface area contributed by atoms with Crippen LogP contribution in [0, 0.1) is 23.7 Å². The summed E-state index contributed by atoms with van der Waals surface area (Å²) < 4.78 is 0. The number of nitrogens with zero attached hydrogens (tertiary/aromatic N) is 2. The first-order valence-electron chi connectivity index (χ1n) is 10.2. The second-order valence-corrected chi connectivity index (χ2v) is 10.4. The number of benzene rings is 1. The van der Waals surface area contributed by atoms with Gasteiger partial charge in [-0.1, -0.05) is 50.2 Å². The topological polar surface area (TPSA) is 82.9 Å². The smallest absolute Gasteiger partial charge is 0.240 e. The Morgan fingerprint density at radius 1 is 1.24 bits per heavy atom. The monoisotopic (exact) mass is 412 g/mol. The molecule has 4 rings (SSSR count). The largest absolute Gasteiger partial charge is 0.326 e. The van der Waals surface area contributed by atoms with Gasteiger partial charge in [0.15, 0.2) is 5.17 Å². The molecule has 2 bridgehead atoms. The summed E-state index contributed by atoms with van der Waals surface area (Å²) in [7, 11) is 0. The zero-order chi connectivity index (χ0) is 20.8. The van der Waals surface area contributed by atoms with Crippen LogP contribution in [0.5, 0.6) is 0 Å². The summed E-state index contributed by atoms with van der Waals surface area (Å²) in [5, 5.41) is 14.5. The molecule has 3 atom stereocenters. The number of anilines is 1. The van der Waals surface area contributed by atoms with Crippen LogP contribution >= 0.6 is 11.8 Å². The highest BCUT2D eigenvalue weighted by atomic mass is 32.2. The van der Waals surface area contributed by atoms with Crippen molar-refractivity contribution in [2.24, 2.45) is 27.0 Å². The second kappa shape index (κ2) is 7.27. The highest BCUT2D eigenvalue weighted by molar-refractivity contribution is 8.15. The van der Waals surface area contributed by atoms with E-state index in [0.717, 1.165) is 29.8 Å². The fraction of sp³-hybridized carbons (Fsp3) is 0.545. The van der Waals surface area contributed by atoms with E-state index in [4.69, 9.17) is 0 Å². The van der Waals surface area contributed by atoms with Crippen LogP contribution in [0.3, 0.4) is 0 Å². The molecule has 154 valence electrons. The molecule has 0 aromatic heterocycles. The van der Waals surface area contributed by atoms with Gasteiger partial charge in [-0.05, 0) is 49.7 Å². The maximum atomic E-state index is 12.3. The van der Waals surface area contributed by atoms with Crippen LogP contribution in [0.1, 0.15) is 52.0 Å². The molecule has 7 heteroatoms. The molecule has 2 saturated carbocycles. The molecule has 0 radical (unpaired) electrons. The van der Waals surface area contributed by atoms with Gasteiger partial charge >= 0.3 is 0 Å². The van der Waals surface area contributed by atoms with Crippen molar-refractivity contribution in [3.63, 3.8) is 0 Å². The van der Waals surface area contributed by atoms with E-state index in [9.17, 15) is 9.59 Å². The quantitative estimate of drug-likeness (QED) is 0.730. The SMILES string of the molecule is Cc1ccc(NC(=O)C[C@@H]2S/C(=N\N=C3\C[C@H]4CC[C@]3(C)C4(C)C)NC2=O)cc1. The third kappa shape index (κ3) is 3.61.